The molecule has 234 valence electrons. The van der Waals surface area contributed by atoms with Crippen molar-refractivity contribution >= 4 is 57.6 Å². The molecule has 0 N–H and O–H groups in total. The highest BCUT2D eigenvalue weighted by atomic mass is 127. The lowest BCUT2D eigenvalue weighted by Gasteiger charge is -2.23. The number of rotatable bonds is 11. The molecule has 2 heterocycles. The first-order valence-corrected chi connectivity index (χ1v) is 16.3. The molecule has 5 rings (SSSR count). The number of carbonyl (C=O) groups is 1. The first kappa shape index (κ1) is 32.6. The molecular weight excluding hydrogens is 731 g/mol. The van der Waals surface area contributed by atoms with Crippen molar-refractivity contribution < 1.29 is 28.5 Å². The third kappa shape index (κ3) is 7.05. The van der Waals surface area contributed by atoms with Crippen LogP contribution in [0.1, 0.15) is 36.6 Å². The minimum absolute atomic E-state index is 0.224. The van der Waals surface area contributed by atoms with Crippen LogP contribution in [0.3, 0.4) is 0 Å². The van der Waals surface area contributed by atoms with Crippen molar-refractivity contribution in [3.05, 3.63) is 111 Å². The standard InChI is InChI=1S/C33H30ClIN2O7S/c1-5-42-25-12-9-21(16-26(25)43-6-2)29-23(32(39)41-4)17-36-33-37(29)31(38)28(45-33)15-20-13-24(35)30(27(14-20)40-3)44-18-19-7-10-22(34)11-8-19/h7-17,29H,5-6,18H2,1-4H3/b28-15+/t29-/m0/s1. The average Bonchev–Trinajstić information content (AvgIpc) is 3.35. The number of esters is 1. The maximum absolute atomic E-state index is 14.0. The lowest BCUT2D eigenvalue weighted by molar-refractivity contribution is -0.136. The zero-order chi connectivity index (χ0) is 32.1. The Morgan fingerprint density at radius 3 is 2.42 bits per heavy atom. The molecule has 1 aromatic heterocycles. The van der Waals surface area contributed by atoms with Crippen LogP contribution in [0.5, 0.6) is 23.0 Å². The maximum Gasteiger partial charge on any atom is 0.337 e. The number of halogens is 2. The van der Waals surface area contributed by atoms with Crippen LogP contribution in [-0.4, -0.2) is 38.0 Å². The highest BCUT2D eigenvalue weighted by molar-refractivity contribution is 14.1. The lowest BCUT2D eigenvalue weighted by atomic mass is 9.97. The SMILES string of the molecule is CCOc1ccc([C@H]2C(C(=O)OC)=CN=c3s/c(=C/c4cc(I)c(OCc5ccc(Cl)cc5)c(OC)c4)c(=O)n32)cc1OCC. The normalized spacial score (nSPS) is 14.2. The summed E-state index contributed by atoms with van der Waals surface area (Å²) in [6, 6.07) is 15.7. The number of aromatic nitrogens is 1. The Morgan fingerprint density at radius 1 is 1.00 bits per heavy atom. The molecule has 1 atom stereocenters. The molecule has 9 nitrogen and oxygen atoms in total. The summed E-state index contributed by atoms with van der Waals surface area (Å²) in [6.07, 6.45) is 3.24. The van der Waals surface area contributed by atoms with E-state index in [1.807, 2.05) is 56.3 Å². The summed E-state index contributed by atoms with van der Waals surface area (Å²) in [5, 5.41) is 0.656. The summed E-state index contributed by atoms with van der Waals surface area (Å²) in [7, 11) is 2.87. The Balaban J connectivity index is 1.56. The molecule has 0 saturated carbocycles. The van der Waals surface area contributed by atoms with E-state index >= 15 is 0 Å². The molecule has 0 spiro atoms. The van der Waals surface area contributed by atoms with Crippen LogP contribution >= 0.6 is 45.5 Å². The minimum Gasteiger partial charge on any atom is -0.493 e. The number of hydrogen-bond donors (Lipinski definition) is 0. The second kappa shape index (κ2) is 14.5. The van der Waals surface area contributed by atoms with Crippen LogP contribution in [0.4, 0.5) is 0 Å². The zero-order valence-corrected chi connectivity index (χ0v) is 28.7. The number of fused-ring (bicyclic) bond motifs is 1. The fourth-order valence-electron chi connectivity index (χ4n) is 4.84. The van der Waals surface area contributed by atoms with Crippen LogP contribution in [-0.2, 0) is 16.1 Å². The van der Waals surface area contributed by atoms with E-state index in [-0.39, 0.29) is 11.1 Å². The molecular formula is C33H30ClIN2O7S. The van der Waals surface area contributed by atoms with Gasteiger partial charge in [0.15, 0.2) is 27.8 Å². The van der Waals surface area contributed by atoms with E-state index in [1.165, 1.54) is 29.2 Å². The van der Waals surface area contributed by atoms with Gasteiger partial charge in [-0.2, -0.15) is 0 Å². The van der Waals surface area contributed by atoms with Crippen molar-refractivity contribution in [2.75, 3.05) is 27.4 Å². The number of carbonyl (C=O) groups excluding carboxylic acids is 1. The van der Waals surface area contributed by atoms with Gasteiger partial charge in [-0.1, -0.05) is 41.1 Å². The average molecular weight is 761 g/mol. The molecule has 4 aromatic rings. The lowest BCUT2D eigenvalue weighted by Crippen LogP contribution is -2.39. The number of nitrogens with zero attached hydrogens (tertiary/aromatic N) is 2. The van der Waals surface area contributed by atoms with Gasteiger partial charge < -0.3 is 23.7 Å². The van der Waals surface area contributed by atoms with Crippen LogP contribution in [0, 0.1) is 3.57 Å². The number of thiazole rings is 1. The summed E-state index contributed by atoms with van der Waals surface area (Å²) in [4.78, 5) is 31.8. The van der Waals surface area contributed by atoms with Gasteiger partial charge in [-0.05, 0) is 95.6 Å². The van der Waals surface area contributed by atoms with Crippen molar-refractivity contribution in [3.63, 3.8) is 0 Å². The van der Waals surface area contributed by atoms with Crippen LogP contribution in [0.15, 0.2) is 76.2 Å². The van der Waals surface area contributed by atoms with Crippen LogP contribution < -0.4 is 33.8 Å². The van der Waals surface area contributed by atoms with Gasteiger partial charge in [-0.15, -0.1) is 0 Å². The topological polar surface area (TPSA) is 97.6 Å². The van der Waals surface area contributed by atoms with Gasteiger partial charge in [0.25, 0.3) is 5.56 Å². The zero-order valence-electron chi connectivity index (χ0n) is 25.0. The second-order valence-electron chi connectivity index (χ2n) is 9.70. The molecule has 0 saturated heterocycles. The smallest absolute Gasteiger partial charge is 0.337 e. The number of ether oxygens (including phenoxy) is 5. The van der Waals surface area contributed by atoms with Crippen molar-refractivity contribution in [2.45, 2.75) is 26.5 Å². The molecule has 0 bridgehead atoms. The summed E-state index contributed by atoms with van der Waals surface area (Å²) in [6.45, 7) is 4.97. The first-order chi connectivity index (χ1) is 21.8. The van der Waals surface area contributed by atoms with Gasteiger partial charge in [0.2, 0.25) is 0 Å². The number of benzene rings is 3. The van der Waals surface area contributed by atoms with E-state index in [4.69, 9.17) is 35.3 Å². The monoisotopic (exact) mass is 760 g/mol. The van der Waals surface area contributed by atoms with Crippen molar-refractivity contribution in [1.29, 1.82) is 0 Å². The molecule has 0 aliphatic carbocycles. The third-order valence-corrected chi connectivity index (χ3v) is 8.90. The quantitative estimate of drug-likeness (QED) is 0.144. The van der Waals surface area contributed by atoms with Crippen molar-refractivity contribution in [3.8, 4) is 23.0 Å². The molecule has 1 aliphatic heterocycles. The molecule has 0 amide bonds. The Kier molecular flexibility index (Phi) is 10.5. The van der Waals surface area contributed by atoms with Crippen LogP contribution in [0.2, 0.25) is 5.02 Å². The van der Waals surface area contributed by atoms with Gasteiger partial charge >= 0.3 is 5.97 Å². The fraction of sp³-hybridized carbons (Fsp3) is 0.242. The number of methoxy groups -OCH3 is 2. The molecule has 0 unspecified atom stereocenters. The van der Waals surface area contributed by atoms with E-state index in [0.29, 0.717) is 62.7 Å². The van der Waals surface area contributed by atoms with Gasteiger partial charge in [-0.3, -0.25) is 9.36 Å². The Morgan fingerprint density at radius 2 is 1.73 bits per heavy atom. The maximum atomic E-state index is 14.0. The van der Waals surface area contributed by atoms with Crippen molar-refractivity contribution in [2.24, 2.45) is 4.99 Å². The summed E-state index contributed by atoms with van der Waals surface area (Å²) in [5.41, 5.74) is 2.27. The highest BCUT2D eigenvalue weighted by Gasteiger charge is 2.31. The van der Waals surface area contributed by atoms with Crippen molar-refractivity contribution in [1.82, 2.24) is 4.57 Å². The Hall–Kier alpha value is -3.81. The molecule has 1 aliphatic rings. The van der Waals surface area contributed by atoms with Gasteiger partial charge in [-0.25, -0.2) is 9.79 Å². The Bertz CT molecular complexity index is 1940. The largest absolute Gasteiger partial charge is 0.493 e. The molecule has 0 radical (unpaired) electrons. The summed E-state index contributed by atoms with van der Waals surface area (Å²) >= 11 is 9.42. The fourth-order valence-corrected chi connectivity index (χ4v) is 6.71. The van der Waals surface area contributed by atoms with E-state index in [1.54, 1.807) is 25.3 Å². The summed E-state index contributed by atoms with van der Waals surface area (Å²) in [5.74, 6) is 1.62. The third-order valence-electron chi connectivity index (χ3n) is 6.85. The minimum atomic E-state index is -0.788. The van der Waals surface area contributed by atoms with E-state index in [2.05, 4.69) is 27.6 Å². The first-order valence-electron chi connectivity index (χ1n) is 14.0. The highest BCUT2D eigenvalue weighted by Crippen LogP contribution is 2.36. The van der Waals surface area contributed by atoms with Gasteiger partial charge in [0, 0.05) is 11.2 Å². The molecule has 0 fully saturated rings. The predicted molar refractivity (Wildman–Crippen MR) is 181 cm³/mol. The molecule has 3 aromatic carbocycles. The van der Waals surface area contributed by atoms with E-state index in [0.717, 1.165) is 14.7 Å². The molecule has 45 heavy (non-hydrogen) atoms. The predicted octanol–water partition coefficient (Wildman–Crippen LogP) is 5.66. The van der Waals surface area contributed by atoms with Gasteiger partial charge in [0.1, 0.15) is 6.61 Å². The van der Waals surface area contributed by atoms with Crippen LogP contribution in [0.25, 0.3) is 6.08 Å². The van der Waals surface area contributed by atoms with E-state index in [9.17, 15) is 9.59 Å². The van der Waals surface area contributed by atoms with Gasteiger partial charge in [0.05, 0.1) is 47.2 Å². The molecule has 12 heteroatoms. The summed E-state index contributed by atoms with van der Waals surface area (Å²) < 4.78 is 31.1. The number of hydrogen-bond acceptors (Lipinski definition) is 9. The van der Waals surface area contributed by atoms with E-state index < -0.39 is 12.0 Å². The second-order valence-corrected chi connectivity index (χ2v) is 12.3. The Labute approximate surface area is 282 Å².